The monoisotopic (exact) mass is 502 g/mol. The van der Waals surface area contributed by atoms with Gasteiger partial charge in [-0.15, -0.1) is 24.0 Å². The van der Waals surface area contributed by atoms with Crippen molar-refractivity contribution in [3.63, 3.8) is 0 Å². The van der Waals surface area contributed by atoms with Crippen LogP contribution in [-0.2, 0) is 16.1 Å². The molecule has 0 radical (unpaired) electrons. The van der Waals surface area contributed by atoms with Crippen molar-refractivity contribution in [2.24, 2.45) is 10.9 Å². The predicted octanol–water partition coefficient (Wildman–Crippen LogP) is 3.07. The Balaban J connectivity index is 0.00000392. The third-order valence-electron chi connectivity index (χ3n) is 4.74. The first-order valence-electron chi connectivity index (χ1n) is 10.0. The van der Waals surface area contributed by atoms with Gasteiger partial charge in [0.2, 0.25) is 5.91 Å². The summed E-state index contributed by atoms with van der Waals surface area (Å²) in [5, 5.41) is 9.44. The molecule has 1 saturated carbocycles. The minimum Gasteiger partial charge on any atom is -0.376 e. The molecule has 28 heavy (non-hydrogen) atoms. The van der Waals surface area contributed by atoms with E-state index in [-0.39, 0.29) is 36.4 Å². The van der Waals surface area contributed by atoms with Crippen molar-refractivity contribution >= 4 is 35.8 Å². The predicted molar refractivity (Wildman–Crippen MR) is 125 cm³/mol. The Labute approximate surface area is 186 Å². The van der Waals surface area contributed by atoms with Gasteiger partial charge in [-0.2, -0.15) is 0 Å². The fourth-order valence-electron chi connectivity index (χ4n) is 3.19. The zero-order valence-electron chi connectivity index (χ0n) is 17.1. The van der Waals surface area contributed by atoms with E-state index >= 15 is 0 Å². The molecule has 1 amide bonds. The first kappa shape index (κ1) is 24.7. The van der Waals surface area contributed by atoms with Gasteiger partial charge in [0.25, 0.3) is 0 Å². The molecule has 3 N–H and O–H groups in total. The molecule has 0 bridgehead atoms. The number of amides is 1. The van der Waals surface area contributed by atoms with Gasteiger partial charge in [0.15, 0.2) is 5.96 Å². The number of nitrogens with zero attached hydrogens (tertiary/aromatic N) is 1. The summed E-state index contributed by atoms with van der Waals surface area (Å²) in [7, 11) is 1.71. The van der Waals surface area contributed by atoms with Gasteiger partial charge in [0.1, 0.15) is 0 Å². The number of hydrogen-bond acceptors (Lipinski definition) is 3. The van der Waals surface area contributed by atoms with Gasteiger partial charge < -0.3 is 20.7 Å². The highest BCUT2D eigenvalue weighted by atomic mass is 127. The van der Waals surface area contributed by atoms with Crippen LogP contribution in [-0.4, -0.2) is 44.7 Å². The maximum absolute atomic E-state index is 12.1. The normalized spacial score (nSPS) is 16.0. The third kappa shape index (κ3) is 10.3. The van der Waals surface area contributed by atoms with Gasteiger partial charge >= 0.3 is 0 Å². The van der Waals surface area contributed by atoms with Crippen LogP contribution in [0.4, 0.5) is 0 Å². The molecule has 0 aromatic heterocycles. The van der Waals surface area contributed by atoms with Crippen LogP contribution in [0.1, 0.15) is 44.6 Å². The van der Waals surface area contributed by atoms with Crippen LogP contribution in [0, 0.1) is 5.92 Å². The fraction of sp³-hybridized carbons (Fsp3) is 0.619. The van der Waals surface area contributed by atoms with E-state index in [4.69, 9.17) is 4.74 Å². The quantitative estimate of drug-likeness (QED) is 0.276. The number of ether oxygens (including phenoxy) is 1. The summed E-state index contributed by atoms with van der Waals surface area (Å²) < 4.78 is 5.77. The number of halogens is 1. The lowest BCUT2D eigenvalue weighted by Crippen LogP contribution is -2.46. The van der Waals surface area contributed by atoms with Crippen molar-refractivity contribution < 1.29 is 9.53 Å². The molecule has 1 fully saturated rings. The van der Waals surface area contributed by atoms with Gasteiger partial charge in [-0.1, -0.05) is 56.5 Å². The molecule has 2 rings (SSSR count). The number of guanidine groups is 1. The van der Waals surface area contributed by atoms with Crippen LogP contribution in [0.5, 0.6) is 0 Å². The smallest absolute Gasteiger partial charge is 0.239 e. The number of hydrogen-bond donors (Lipinski definition) is 3. The first-order chi connectivity index (χ1) is 13.2. The molecule has 1 aromatic carbocycles. The van der Waals surface area contributed by atoms with Gasteiger partial charge in [0, 0.05) is 19.6 Å². The van der Waals surface area contributed by atoms with E-state index in [1.807, 2.05) is 18.2 Å². The van der Waals surface area contributed by atoms with Crippen molar-refractivity contribution in [3.05, 3.63) is 35.9 Å². The van der Waals surface area contributed by atoms with E-state index < -0.39 is 0 Å². The largest absolute Gasteiger partial charge is 0.376 e. The van der Waals surface area contributed by atoms with Crippen LogP contribution in [0.3, 0.4) is 0 Å². The van der Waals surface area contributed by atoms with E-state index in [1.54, 1.807) is 7.05 Å². The van der Waals surface area contributed by atoms with Gasteiger partial charge in [-0.25, -0.2) is 0 Å². The van der Waals surface area contributed by atoms with Crippen molar-refractivity contribution in [3.8, 4) is 0 Å². The van der Waals surface area contributed by atoms with E-state index in [0.29, 0.717) is 31.1 Å². The molecule has 7 heteroatoms. The lowest BCUT2D eigenvalue weighted by Gasteiger charge is -2.23. The summed E-state index contributed by atoms with van der Waals surface area (Å²) in [5.41, 5.74) is 1.18. The summed E-state index contributed by atoms with van der Waals surface area (Å²) in [5.74, 6) is 1.01. The maximum Gasteiger partial charge on any atom is 0.239 e. The molecule has 0 saturated heterocycles. The minimum absolute atomic E-state index is 0. The molecule has 0 aliphatic heterocycles. The number of nitrogens with one attached hydrogen (secondary N) is 3. The maximum atomic E-state index is 12.1. The Hall–Kier alpha value is -1.35. The van der Waals surface area contributed by atoms with Crippen LogP contribution in [0.2, 0.25) is 0 Å². The zero-order chi connectivity index (χ0) is 19.3. The third-order valence-corrected chi connectivity index (χ3v) is 4.74. The Kier molecular flexibility index (Phi) is 12.9. The van der Waals surface area contributed by atoms with Gasteiger partial charge in [0.05, 0.1) is 19.8 Å². The van der Waals surface area contributed by atoms with Crippen LogP contribution in [0.25, 0.3) is 0 Å². The lowest BCUT2D eigenvalue weighted by molar-refractivity contribution is -0.120. The molecule has 6 nitrogen and oxygen atoms in total. The summed E-state index contributed by atoms with van der Waals surface area (Å²) in [6.45, 7) is 4.40. The van der Waals surface area contributed by atoms with Crippen LogP contribution < -0.4 is 16.0 Å². The zero-order valence-corrected chi connectivity index (χ0v) is 19.4. The lowest BCUT2D eigenvalue weighted by atomic mass is 9.95. The van der Waals surface area contributed by atoms with E-state index in [9.17, 15) is 4.79 Å². The highest BCUT2D eigenvalue weighted by Gasteiger charge is 2.15. The van der Waals surface area contributed by atoms with Crippen LogP contribution >= 0.6 is 24.0 Å². The van der Waals surface area contributed by atoms with Gasteiger partial charge in [-0.3, -0.25) is 9.79 Å². The van der Waals surface area contributed by atoms with E-state index in [2.05, 4.69) is 40.0 Å². The molecule has 0 heterocycles. The average Bonchev–Trinajstić information content (AvgIpc) is 2.69. The molecular weight excluding hydrogens is 467 g/mol. The summed E-state index contributed by atoms with van der Waals surface area (Å²) >= 11 is 0. The number of benzene rings is 1. The van der Waals surface area contributed by atoms with E-state index in [0.717, 1.165) is 19.4 Å². The summed E-state index contributed by atoms with van der Waals surface area (Å²) in [6, 6.07) is 10.5. The Bertz CT molecular complexity index is 577. The van der Waals surface area contributed by atoms with Crippen molar-refractivity contribution in [1.29, 1.82) is 0 Å². The van der Waals surface area contributed by atoms with Gasteiger partial charge in [-0.05, 0) is 24.3 Å². The number of carbonyl (C=O) groups excluding carboxylic acids is 1. The number of aliphatic imine (C=N–C) groups is 1. The fourth-order valence-corrected chi connectivity index (χ4v) is 3.19. The second-order valence-corrected chi connectivity index (χ2v) is 7.32. The molecule has 0 spiro atoms. The number of carbonyl (C=O) groups is 1. The summed E-state index contributed by atoms with van der Waals surface area (Å²) in [4.78, 5) is 16.2. The van der Waals surface area contributed by atoms with Crippen molar-refractivity contribution in [2.45, 2.75) is 51.7 Å². The minimum atomic E-state index is 0. The topological polar surface area (TPSA) is 74.8 Å². The highest BCUT2D eigenvalue weighted by Crippen LogP contribution is 2.17. The SMILES string of the molecule is CN=C(NCC(=O)NC1CCCCC1)NCC(C)COCc1ccccc1.I. The Morgan fingerprint density at radius 2 is 1.89 bits per heavy atom. The molecule has 158 valence electrons. The van der Waals surface area contributed by atoms with Crippen LogP contribution in [0.15, 0.2) is 35.3 Å². The molecule has 1 aliphatic rings. The summed E-state index contributed by atoms with van der Waals surface area (Å²) in [6.07, 6.45) is 5.91. The molecule has 1 aromatic rings. The Morgan fingerprint density at radius 1 is 1.18 bits per heavy atom. The second kappa shape index (κ2) is 14.6. The second-order valence-electron chi connectivity index (χ2n) is 7.32. The van der Waals surface area contributed by atoms with Crippen molar-refractivity contribution in [2.75, 3.05) is 26.7 Å². The standard InChI is InChI=1S/C21H34N4O2.HI/c1-17(15-27-16-18-9-5-3-6-10-18)13-23-21(22-2)24-14-20(26)25-19-11-7-4-8-12-19;/h3,5-6,9-10,17,19H,4,7-8,11-16H2,1-2H3,(H,25,26)(H2,22,23,24);1H. The van der Waals surface area contributed by atoms with E-state index in [1.165, 1.54) is 24.8 Å². The van der Waals surface area contributed by atoms with Crippen molar-refractivity contribution in [1.82, 2.24) is 16.0 Å². The first-order valence-corrected chi connectivity index (χ1v) is 10.0. The number of rotatable bonds is 9. The molecule has 1 unspecified atom stereocenters. The molecule has 1 atom stereocenters. The Morgan fingerprint density at radius 3 is 2.57 bits per heavy atom. The highest BCUT2D eigenvalue weighted by molar-refractivity contribution is 14.0. The molecule has 1 aliphatic carbocycles. The molecular formula is C21H35IN4O2. The average molecular weight is 502 g/mol.